The maximum Gasteiger partial charge on any atom is 0.305 e. The first-order valence-corrected chi connectivity index (χ1v) is 33.1. The Morgan fingerprint density at radius 2 is 0.644 bits per heavy atom. The highest BCUT2D eigenvalue weighted by Crippen LogP contribution is 2.18. The first-order chi connectivity index (χ1) is 36.0. The molecule has 0 heterocycles. The van der Waals surface area contributed by atoms with E-state index in [-0.39, 0.29) is 18.5 Å². The maximum absolute atomic E-state index is 12.4. The Bertz CT molecular complexity index is 1140. The van der Waals surface area contributed by atoms with Crippen LogP contribution in [0.4, 0.5) is 0 Å². The van der Waals surface area contributed by atoms with Gasteiger partial charge in [-0.1, -0.05) is 301 Å². The molecule has 0 saturated carbocycles. The third-order valence-electron chi connectivity index (χ3n) is 15.5. The summed E-state index contributed by atoms with van der Waals surface area (Å²) in [6.07, 6.45) is 78.0. The molecule has 432 valence electrons. The molecule has 3 N–H and O–H groups in total. The van der Waals surface area contributed by atoms with Crippen molar-refractivity contribution in [1.82, 2.24) is 5.32 Å². The highest BCUT2D eigenvalue weighted by atomic mass is 16.5. The Morgan fingerprint density at radius 3 is 0.986 bits per heavy atom. The van der Waals surface area contributed by atoms with Gasteiger partial charge in [0.25, 0.3) is 0 Å². The molecule has 0 aliphatic rings. The molecule has 0 aromatic rings. The van der Waals surface area contributed by atoms with Gasteiger partial charge in [0.05, 0.1) is 25.4 Å². The molecular weight excluding hydrogens is 899 g/mol. The van der Waals surface area contributed by atoms with Crippen molar-refractivity contribution in [2.45, 2.75) is 379 Å². The number of esters is 1. The summed E-state index contributed by atoms with van der Waals surface area (Å²) in [4.78, 5) is 24.5. The Labute approximate surface area is 456 Å². The van der Waals surface area contributed by atoms with Crippen LogP contribution in [0, 0.1) is 0 Å². The molecule has 0 aromatic heterocycles. The molecule has 0 aromatic carbocycles. The van der Waals surface area contributed by atoms with Crippen LogP contribution in [0.2, 0.25) is 0 Å². The second-order valence-electron chi connectivity index (χ2n) is 22.8. The van der Waals surface area contributed by atoms with E-state index < -0.39 is 12.1 Å². The van der Waals surface area contributed by atoms with Gasteiger partial charge in [0.15, 0.2) is 0 Å². The van der Waals surface area contributed by atoms with E-state index in [1.54, 1.807) is 0 Å². The maximum atomic E-state index is 12.4. The lowest BCUT2D eigenvalue weighted by Gasteiger charge is -2.22. The Balaban J connectivity index is 3.32. The number of carbonyl (C=O) groups excluding carboxylic acids is 2. The lowest BCUT2D eigenvalue weighted by molar-refractivity contribution is -0.143. The molecule has 0 spiro atoms. The number of unbranched alkanes of at least 4 members (excludes halogenated alkanes) is 47. The topological polar surface area (TPSA) is 95.9 Å². The third-order valence-corrected chi connectivity index (χ3v) is 15.5. The molecule has 0 radical (unpaired) electrons. The summed E-state index contributed by atoms with van der Waals surface area (Å²) in [7, 11) is 0. The monoisotopic (exact) mass is 1030 g/mol. The number of aliphatic hydroxyl groups excluding tert-OH is 2. The van der Waals surface area contributed by atoms with Gasteiger partial charge in [-0.3, -0.25) is 9.59 Å². The van der Waals surface area contributed by atoms with Crippen LogP contribution in [0.25, 0.3) is 0 Å². The Hall–Kier alpha value is -1.66. The molecule has 0 aliphatic carbocycles. The first-order valence-electron chi connectivity index (χ1n) is 33.1. The van der Waals surface area contributed by atoms with Crippen molar-refractivity contribution >= 4 is 11.9 Å². The van der Waals surface area contributed by atoms with Crippen molar-refractivity contribution in [3.05, 3.63) is 24.3 Å². The summed E-state index contributed by atoms with van der Waals surface area (Å²) >= 11 is 0. The first kappa shape index (κ1) is 71.3. The fourth-order valence-electron chi connectivity index (χ4n) is 10.4. The van der Waals surface area contributed by atoms with Gasteiger partial charge in [-0.25, -0.2) is 0 Å². The molecule has 6 heteroatoms. The number of amides is 1. The molecule has 2 atom stereocenters. The largest absolute Gasteiger partial charge is 0.466 e. The molecule has 2 unspecified atom stereocenters. The van der Waals surface area contributed by atoms with Gasteiger partial charge in [-0.2, -0.15) is 0 Å². The molecule has 0 bridgehead atoms. The summed E-state index contributed by atoms with van der Waals surface area (Å²) in [5.41, 5.74) is 0. The zero-order chi connectivity index (χ0) is 52.9. The zero-order valence-electron chi connectivity index (χ0n) is 49.4. The number of allylic oxidation sites excluding steroid dienone is 4. The average Bonchev–Trinajstić information content (AvgIpc) is 3.39. The summed E-state index contributed by atoms with van der Waals surface area (Å²) in [5.74, 6) is -0.0224. The number of nitrogens with one attached hydrogen (secondary N) is 1. The Morgan fingerprint density at radius 1 is 0.370 bits per heavy atom. The number of carbonyl (C=O) groups is 2. The molecule has 73 heavy (non-hydrogen) atoms. The van der Waals surface area contributed by atoms with Crippen molar-refractivity contribution in [3.8, 4) is 0 Å². The normalized spacial score (nSPS) is 12.7. The highest BCUT2D eigenvalue weighted by Gasteiger charge is 2.20. The number of aliphatic hydroxyl groups is 2. The average molecular weight is 1030 g/mol. The lowest BCUT2D eigenvalue weighted by Crippen LogP contribution is -2.45. The van der Waals surface area contributed by atoms with Gasteiger partial charge >= 0.3 is 5.97 Å². The lowest BCUT2D eigenvalue weighted by atomic mass is 10.0. The van der Waals surface area contributed by atoms with E-state index in [1.807, 2.05) is 0 Å². The number of hydrogen-bond acceptors (Lipinski definition) is 5. The van der Waals surface area contributed by atoms with E-state index >= 15 is 0 Å². The molecule has 0 saturated heterocycles. The van der Waals surface area contributed by atoms with Crippen LogP contribution < -0.4 is 5.32 Å². The second kappa shape index (κ2) is 62.9. The number of ether oxygens (including phenoxy) is 1. The van der Waals surface area contributed by atoms with Gasteiger partial charge in [0.2, 0.25) is 5.91 Å². The second-order valence-corrected chi connectivity index (χ2v) is 22.8. The minimum absolute atomic E-state index is 0.00963. The van der Waals surface area contributed by atoms with Gasteiger partial charge in [-0.05, 0) is 77.0 Å². The molecule has 1 amide bonds. The van der Waals surface area contributed by atoms with Gasteiger partial charge in [0, 0.05) is 12.8 Å². The SMILES string of the molecule is CCCCCC/C=C\CCCCCCCC(=O)OCCCCCCCCCCCCCC/C=C\CCCCCCCCCCCCCCCCCCCC(=O)NC(CO)C(O)CCCCCCCCCCCC. The van der Waals surface area contributed by atoms with Crippen LogP contribution in [0.1, 0.15) is 367 Å². The van der Waals surface area contributed by atoms with Gasteiger partial charge < -0.3 is 20.3 Å². The van der Waals surface area contributed by atoms with Crippen molar-refractivity contribution in [2.75, 3.05) is 13.2 Å². The molecule has 0 fully saturated rings. The fraction of sp³-hybridized carbons (Fsp3) is 0.910. The van der Waals surface area contributed by atoms with Crippen LogP contribution in [-0.2, 0) is 14.3 Å². The van der Waals surface area contributed by atoms with E-state index in [1.165, 1.54) is 289 Å². The molecular formula is C67H129NO5. The number of hydrogen-bond donors (Lipinski definition) is 3. The summed E-state index contributed by atoms with van der Waals surface area (Å²) in [5, 5.41) is 23.2. The van der Waals surface area contributed by atoms with Crippen molar-refractivity contribution < 1.29 is 24.5 Å². The fourth-order valence-corrected chi connectivity index (χ4v) is 10.4. The molecule has 0 rings (SSSR count). The van der Waals surface area contributed by atoms with Gasteiger partial charge in [-0.15, -0.1) is 0 Å². The van der Waals surface area contributed by atoms with Crippen molar-refractivity contribution in [1.29, 1.82) is 0 Å². The van der Waals surface area contributed by atoms with Crippen LogP contribution in [-0.4, -0.2) is 47.4 Å². The van der Waals surface area contributed by atoms with E-state index in [9.17, 15) is 19.8 Å². The minimum Gasteiger partial charge on any atom is -0.466 e. The van der Waals surface area contributed by atoms with Crippen LogP contribution >= 0.6 is 0 Å². The van der Waals surface area contributed by atoms with E-state index in [0.717, 1.165) is 44.9 Å². The smallest absolute Gasteiger partial charge is 0.305 e. The third kappa shape index (κ3) is 59.4. The van der Waals surface area contributed by atoms with Crippen molar-refractivity contribution in [3.63, 3.8) is 0 Å². The summed E-state index contributed by atoms with van der Waals surface area (Å²) in [6.45, 7) is 4.94. The predicted octanol–water partition coefficient (Wildman–Crippen LogP) is 21.0. The molecule has 6 nitrogen and oxygen atoms in total. The van der Waals surface area contributed by atoms with E-state index in [2.05, 4.69) is 43.5 Å². The highest BCUT2D eigenvalue weighted by molar-refractivity contribution is 5.76. The van der Waals surface area contributed by atoms with Crippen LogP contribution in [0.5, 0.6) is 0 Å². The van der Waals surface area contributed by atoms with E-state index in [0.29, 0.717) is 25.9 Å². The molecule has 0 aliphatic heterocycles. The van der Waals surface area contributed by atoms with Crippen LogP contribution in [0.15, 0.2) is 24.3 Å². The van der Waals surface area contributed by atoms with Crippen LogP contribution in [0.3, 0.4) is 0 Å². The quantitative estimate of drug-likeness (QED) is 0.0320. The summed E-state index contributed by atoms with van der Waals surface area (Å²) < 4.78 is 5.48. The van der Waals surface area contributed by atoms with E-state index in [4.69, 9.17) is 4.74 Å². The van der Waals surface area contributed by atoms with Crippen molar-refractivity contribution in [2.24, 2.45) is 0 Å². The number of rotatable bonds is 62. The summed E-state index contributed by atoms with van der Waals surface area (Å²) in [6, 6.07) is -0.537. The Kier molecular flexibility index (Phi) is 61.4. The predicted molar refractivity (Wildman–Crippen MR) is 320 cm³/mol. The minimum atomic E-state index is -0.659. The zero-order valence-corrected chi connectivity index (χ0v) is 49.4. The standard InChI is InChI=1S/C67H129NO5/c1-3-5-7-9-11-13-15-37-41-45-49-53-57-61-67(72)73-62-58-54-50-46-42-39-36-34-32-30-28-26-24-22-20-18-16-17-19-21-23-25-27-29-31-33-35-38-40-44-48-52-56-60-66(71)68-64(63-69)65(70)59-55-51-47-43-14-12-10-8-6-4-2/h13,15,20,22,64-65,69-70H,3-12,14,16-19,21,23-63H2,1-2H3,(H,68,71)/b15-13-,22-20-. The van der Waals surface area contributed by atoms with Gasteiger partial charge in [0.1, 0.15) is 0 Å².